The maximum absolute atomic E-state index is 5.62. The quantitative estimate of drug-likeness (QED) is 0.862. The molecule has 0 aromatic carbocycles. The van der Waals surface area contributed by atoms with Crippen LogP contribution in [0.25, 0.3) is 0 Å². The van der Waals surface area contributed by atoms with Crippen LogP contribution in [-0.4, -0.2) is 62.0 Å². The van der Waals surface area contributed by atoms with E-state index in [0.29, 0.717) is 18.0 Å². The van der Waals surface area contributed by atoms with Crippen LogP contribution in [0.1, 0.15) is 24.9 Å². The van der Waals surface area contributed by atoms with Crippen LogP contribution in [-0.2, 0) is 9.47 Å². The van der Waals surface area contributed by atoms with E-state index in [1.54, 1.807) is 0 Å². The average molecular weight is 305 g/mol. The van der Waals surface area contributed by atoms with E-state index in [0.717, 1.165) is 46.1 Å². The molecule has 0 spiro atoms. The second-order valence-electron chi connectivity index (χ2n) is 6.26. The van der Waals surface area contributed by atoms with Crippen LogP contribution in [0.15, 0.2) is 24.5 Å². The lowest BCUT2D eigenvalue weighted by molar-refractivity contribution is 0.000911. The van der Waals surface area contributed by atoms with Crippen LogP contribution in [0.2, 0.25) is 0 Å². The Morgan fingerprint density at radius 2 is 2.18 bits per heavy atom. The van der Waals surface area contributed by atoms with Gasteiger partial charge in [0.25, 0.3) is 0 Å². The summed E-state index contributed by atoms with van der Waals surface area (Å²) in [7, 11) is 0. The number of hydrogen-bond acceptors (Lipinski definition) is 5. The van der Waals surface area contributed by atoms with Gasteiger partial charge in [-0.3, -0.25) is 9.88 Å². The van der Waals surface area contributed by atoms with E-state index in [2.05, 4.69) is 28.2 Å². The van der Waals surface area contributed by atoms with E-state index in [9.17, 15) is 0 Å². The Labute approximate surface area is 133 Å². The van der Waals surface area contributed by atoms with E-state index in [4.69, 9.17) is 9.47 Å². The van der Waals surface area contributed by atoms with Gasteiger partial charge in [-0.1, -0.05) is 6.07 Å². The third-order valence-corrected chi connectivity index (χ3v) is 4.84. The van der Waals surface area contributed by atoms with Crippen molar-refractivity contribution in [3.8, 4) is 0 Å². The van der Waals surface area contributed by atoms with Gasteiger partial charge in [-0.05, 0) is 25.0 Å². The molecule has 1 N–H and O–H groups in total. The normalized spacial score (nSPS) is 26.0. The molecule has 5 nitrogen and oxygen atoms in total. The number of ether oxygens (including phenoxy) is 2. The minimum atomic E-state index is 0.319. The Balaban J connectivity index is 1.59. The summed E-state index contributed by atoms with van der Waals surface area (Å²) in [6, 6.07) is 4.98. The number of hydrogen-bond donors (Lipinski definition) is 1. The van der Waals surface area contributed by atoms with Gasteiger partial charge in [-0.15, -0.1) is 0 Å². The van der Waals surface area contributed by atoms with Crippen molar-refractivity contribution in [3.63, 3.8) is 0 Å². The number of aromatic nitrogens is 1. The molecule has 122 valence electrons. The molecular formula is C17H27N3O2. The van der Waals surface area contributed by atoms with E-state index in [-0.39, 0.29) is 0 Å². The zero-order chi connectivity index (χ0) is 15.2. The second kappa shape index (κ2) is 8.02. The van der Waals surface area contributed by atoms with Gasteiger partial charge < -0.3 is 14.8 Å². The summed E-state index contributed by atoms with van der Waals surface area (Å²) in [4.78, 5) is 6.79. The van der Waals surface area contributed by atoms with Crippen molar-refractivity contribution in [3.05, 3.63) is 30.1 Å². The van der Waals surface area contributed by atoms with Gasteiger partial charge in [0.2, 0.25) is 0 Å². The number of nitrogens with one attached hydrogen (secondary N) is 1. The van der Waals surface area contributed by atoms with Crippen LogP contribution in [0.3, 0.4) is 0 Å². The number of pyridine rings is 1. The largest absolute Gasteiger partial charge is 0.381 e. The van der Waals surface area contributed by atoms with Crippen LogP contribution < -0.4 is 5.32 Å². The first-order chi connectivity index (χ1) is 10.8. The SMILES string of the molecule is C[C@H](NC[C@H]([C@H]1CCOC1)N1CCOCC1)c1cccnc1. The molecule has 2 aliphatic rings. The van der Waals surface area contributed by atoms with Gasteiger partial charge in [-0.25, -0.2) is 0 Å². The van der Waals surface area contributed by atoms with Gasteiger partial charge in [-0.2, -0.15) is 0 Å². The second-order valence-corrected chi connectivity index (χ2v) is 6.26. The molecule has 0 unspecified atom stereocenters. The smallest absolute Gasteiger partial charge is 0.0594 e. The van der Waals surface area contributed by atoms with Crippen molar-refractivity contribution in [1.82, 2.24) is 15.2 Å². The van der Waals surface area contributed by atoms with Crippen LogP contribution >= 0.6 is 0 Å². The lowest BCUT2D eigenvalue weighted by atomic mass is 9.96. The minimum Gasteiger partial charge on any atom is -0.381 e. The third-order valence-electron chi connectivity index (χ3n) is 4.84. The number of nitrogens with zero attached hydrogens (tertiary/aromatic N) is 2. The summed E-state index contributed by atoms with van der Waals surface area (Å²) in [5.74, 6) is 0.631. The zero-order valence-corrected chi connectivity index (χ0v) is 13.4. The molecule has 2 fully saturated rings. The molecule has 3 atom stereocenters. The molecule has 0 saturated carbocycles. The van der Waals surface area contributed by atoms with E-state index >= 15 is 0 Å². The molecule has 0 bridgehead atoms. The topological polar surface area (TPSA) is 46.6 Å². The van der Waals surface area contributed by atoms with E-state index in [1.807, 2.05) is 18.5 Å². The summed E-state index contributed by atoms with van der Waals surface area (Å²) in [6.07, 6.45) is 4.94. The lowest BCUT2D eigenvalue weighted by Crippen LogP contribution is -2.51. The van der Waals surface area contributed by atoms with Crippen LogP contribution in [0.4, 0.5) is 0 Å². The summed E-state index contributed by atoms with van der Waals surface area (Å²) in [5.41, 5.74) is 1.24. The Bertz CT molecular complexity index is 431. The molecular weight excluding hydrogens is 278 g/mol. The predicted octanol–water partition coefficient (Wildman–Crippen LogP) is 1.47. The van der Waals surface area contributed by atoms with Gasteiger partial charge >= 0.3 is 0 Å². The Morgan fingerprint density at radius 1 is 1.32 bits per heavy atom. The molecule has 22 heavy (non-hydrogen) atoms. The Hall–Kier alpha value is -1.01. The highest BCUT2D eigenvalue weighted by molar-refractivity contribution is 5.12. The fourth-order valence-corrected chi connectivity index (χ4v) is 3.41. The summed E-state index contributed by atoms with van der Waals surface area (Å²) in [5, 5.41) is 3.70. The van der Waals surface area contributed by atoms with Crippen molar-refractivity contribution in [2.45, 2.75) is 25.4 Å². The summed E-state index contributed by atoms with van der Waals surface area (Å²) >= 11 is 0. The van der Waals surface area contributed by atoms with Gasteiger partial charge in [0.15, 0.2) is 0 Å². The fraction of sp³-hybridized carbons (Fsp3) is 0.706. The van der Waals surface area contributed by atoms with Crippen LogP contribution in [0, 0.1) is 5.92 Å². The highest BCUT2D eigenvalue weighted by Crippen LogP contribution is 2.22. The molecule has 0 amide bonds. The first-order valence-electron chi connectivity index (χ1n) is 8.37. The van der Waals surface area contributed by atoms with E-state index < -0.39 is 0 Å². The van der Waals surface area contributed by atoms with Gasteiger partial charge in [0.05, 0.1) is 19.8 Å². The van der Waals surface area contributed by atoms with Crippen molar-refractivity contribution in [2.75, 3.05) is 46.1 Å². The summed E-state index contributed by atoms with van der Waals surface area (Å²) in [6.45, 7) is 8.76. The Kier molecular flexibility index (Phi) is 5.78. The molecule has 2 aliphatic heterocycles. The van der Waals surface area contributed by atoms with Crippen molar-refractivity contribution in [2.24, 2.45) is 5.92 Å². The first-order valence-corrected chi connectivity index (χ1v) is 8.37. The first kappa shape index (κ1) is 15.9. The van der Waals surface area contributed by atoms with Crippen molar-refractivity contribution >= 4 is 0 Å². The third kappa shape index (κ3) is 4.04. The molecule has 0 radical (unpaired) electrons. The molecule has 3 rings (SSSR count). The van der Waals surface area contributed by atoms with Crippen molar-refractivity contribution in [1.29, 1.82) is 0 Å². The highest BCUT2D eigenvalue weighted by atomic mass is 16.5. The fourth-order valence-electron chi connectivity index (χ4n) is 3.41. The monoisotopic (exact) mass is 305 g/mol. The molecule has 5 heteroatoms. The molecule has 0 aliphatic carbocycles. The molecule has 3 heterocycles. The van der Waals surface area contributed by atoms with E-state index in [1.165, 1.54) is 12.0 Å². The summed E-state index contributed by atoms with van der Waals surface area (Å²) < 4.78 is 11.1. The van der Waals surface area contributed by atoms with Crippen molar-refractivity contribution < 1.29 is 9.47 Å². The highest BCUT2D eigenvalue weighted by Gasteiger charge is 2.31. The molecule has 1 aromatic rings. The predicted molar refractivity (Wildman–Crippen MR) is 85.8 cm³/mol. The Morgan fingerprint density at radius 3 is 2.86 bits per heavy atom. The number of rotatable bonds is 6. The maximum Gasteiger partial charge on any atom is 0.0594 e. The number of morpholine rings is 1. The molecule has 2 saturated heterocycles. The van der Waals surface area contributed by atoms with Crippen LogP contribution in [0.5, 0.6) is 0 Å². The molecule has 1 aromatic heterocycles. The van der Waals surface area contributed by atoms with Gasteiger partial charge in [0.1, 0.15) is 0 Å². The zero-order valence-electron chi connectivity index (χ0n) is 13.4. The van der Waals surface area contributed by atoms with Gasteiger partial charge in [0, 0.05) is 56.6 Å². The lowest BCUT2D eigenvalue weighted by Gasteiger charge is -2.38. The maximum atomic E-state index is 5.62. The average Bonchev–Trinajstić information content (AvgIpc) is 3.11. The minimum absolute atomic E-state index is 0.319. The standard InChI is InChI=1S/C17H27N3O2/c1-14(15-3-2-5-18-11-15)19-12-17(16-4-8-22-13-16)20-6-9-21-10-7-20/h2-3,5,11,14,16-17,19H,4,6-10,12-13H2,1H3/t14-,16-,17+/m0/s1.